The van der Waals surface area contributed by atoms with Crippen molar-refractivity contribution in [3.63, 3.8) is 0 Å². The van der Waals surface area contributed by atoms with Gasteiger partial charge in [-0.2, -0.15) is 5.26 Å². The van der Waals surface area contributed by atoms with Gasteiger partial charge in [-0.25, -0.2) is 4.79 Å². The molecule has 2 aromatic carbocycles. The number of nitriles is 1. The minimum atomic E-state index is -1.06. The Kier molecular flexibility index (Phi) is 7.21. The molecule has 1 heterocycles. The highest BCUT2D eigenvalue weighted by Gasteiger charge is 2.17. The molecule has 1 amide bonds. The maximum absolute atomic E-state index is 12.7. The van der Waals surface area contributed by atoms with Gasteiger partial charge in [0.1, 0.15) is 17.4 Å². The number of aromatic carboxylic acids is 1. The number of carbonyl (C=O) groups is 2. The normalized spacial score (nSPS) is 11.1. The zero-order valence-electron chi connectivity index (χ0n) is 18.3. The van der Waals surface area contributed by atoms with Crippen LogP contribution < -0.4 is 10.1 Å². The predicted molar refractivity (Wildman–Crippen MR) is 127 cm³/mol. The number of anilines is 1. The second-order valence-electron chi connectivity index (χ2n) is 7.22. The molecule has 3 aromatic rings. The molecule has 0 unspecified atom stereocenters. The zero-order chi connectivity index (χ0) is 24.1. The van der Waals surface area contributed by atoms with Crippen molar-refractivity contribution < 1.29 is 19.4 Å². The minimum Gasteiger partial charge on any atom is -0.494 e. The lowest BCUT2D eigenvalue weighted by Gasteiger charge is -2.12. The van der Waals surface area contributed by atoms with E-state index in [0.29, 0.717) is 40.0 Å². The van der Waals surface area contributed by atoms with Crippen molar-refractivity contribution in [1.82, 2.24) is 4.57 Å². The number of nitrogens with zero attached hydrogens (tertiary/aromatic N) is 2. The number of carboxylic acid groups (broad SMARTS) is 1. The average molecular weight is 464 g/mol. The molecule has 33 heavy (non-hydrogen) atoms. The van der Waals surface area contributed by atoms with Gasteiger partial charge in [-0.1, -0.05) is 17.7 Å². The Morgan fingerprint density at radius 1 is 1.21 bits per heavy atom. The average Bonchev–Trinajstić information content (AvgIpc) is 3.05. The van der Waals surface area contributed by atoms with Crippen molar-refractivity contribution in [1.29, 1.82) is 5.26 Å². The van der Waals surface area contributed by atoms with Gasteiger partial charge in [-0.15, -0.1) is 0 Å². The quantitative estimate of drug-likeness (QED) is 0.361. The molecule has 8 heteroatoms. The van der Waals surface area contributed by atoms with Gasteiger partial charge in [0.15, 0.2) is 0 Å². The summed E-state index contributed by atoms with van der Waals surface area (Å²) in [5.41, 5.74) is 3.14. The number of aromatic nitrogens is 1. The van der Waals surface area contributed by atoms with E-state index < -0.39 is 11.9 Å². The fourth-order valence-corrected chi connectivity index (χ4v) is 3.66. The standard InChI is InChI=1S/C25H22ClN3O4/c1-4-33-21-7-5-6-20(13-21)28-24(30)19(14-27)11-18-10-15(2)29(16(18)3)23-12-17(25(31)32)8-9-22(23)26/h5-13H,4H2,1-3H3,(H,28,30)(H,31,32)/b19-11-. The molecular formula is C25H22ClN3O4. The minimum absolute atomic E-state index is 0.0811. The number of hydrogen-bond acceptors (Lipinski definition) is 4. The molecule has 0 saturated heterocycles. The fraction of sp³-hybridized carbons (Fsp3) is 0.160. The Morgan fingerprint density at radius 2 is 1.97 bits per heavy atom. The lowest BCUT2D eigenvalue weighted by molar-refractivity contribution is -0.112. The van der Waals surface area contributed by atoms with Crippen LogP contribution >= 0.6 is 11.6 Å². The van der Waals surface area contributed by atoms with Crippen molar-refractivity contribution >= 4 is 35.2 Å². The van der Waals surface area contributed by atoms with Gasteiger partial charge in [0.2, 0.25) is 0 Å². The number of carboxylic acids is 1. The van der Waals surface area contributed by atoms with E-state index in [1.807, 2.05) is 19.9 Å². The maximum atomic E-state index is 12.7. The summed E-state index contributed by atoms with van der Waals surface area (Å²) >= 11 is 6.34. The van der Waals surface area contributed by atoms with Crippen molar-refractivity contribution in [3.05, 3.63) is 81.6 Å². The first-order valence-electron chi connectivity index (χ1n) is 10.1. The molecule has 0 spiro atoms. The van der Waals surface area contributed by atoms with Crippen LogP contribution in [0.1, 0.15) is 34.2 Å². The maximum Gasteiger partial charge on any atom is 0.335 e. The van der Waals surface area contributed by atoms with E-state index >= 15 is 0 Å². The van der Waals surface area contributed by atoms with Gasteiger partial charge < -0.3 is 19.7 Å². The lowest BCUT2D eigenvalue weighted by atomic mass is 10.1. The van der Waals surface area contributed by atoms with Crippen LogP contribution in [0.5, 0.6) is 5.75 Å². The van der Waals surface area contributed by atoms with Crippen molar-refractivity contribution in [2.75, 3.05) is 11.9 Å². The Morgan fingerprint density at radius 3 is 2.64 bits per heavy atom. The summed E-state index contributed by atoms with van der Waals surface area (Å²) in [6.07, 6.45) is 1.50. The number of aryl methyl sites for hydroxylation is 1. The Bertz CT molecular complexity index is 1300. The van der Waals surface area contributed by atoms with Gasteiger partial charge >= 0.3 is 5.97 Å². The van der Waals surface area contributed by atoms with E-state index in [2.05, 4.69) is 5.32 Å². The third-order valence-electron chi connectivity index (χ3n) is 4.97. The van der Waals surface area contributed by atoms with Crippen molar-refractivity contribution in [2.45, 2.75) is 20.8 Å². The third-order valence-corrected chi connectivity index (χ3v) is 5.29. The summed E-state index contributed by atoms with van der Waals surface area (Å²) in [5, 5.41) is 22.0. The van der Waals surface area contributed by atoms with Gasteiger partial charge in [-0.05, 0) is 68.8 Å². The number of benzene rings is 2. The molecular weight excluding hydrogens is 442 g/mol. The Labute approximate surface area is 196 Å². The molecule has 2 N–H and O–H groups in total. The van der Waals surface area contributed by atoms with Crippen LogP contribution in [0.25, 0.3) is 11.8 Å². The monoisotopic (exact) mass is 463 g/mol. The molecule has 168 valence electrons. The van der Waals surface area contributed by atoms with Gasteiger partial charge in [-0.3, -0.25) is 4.79 Å². The van der Waals surface area contributed by atoms with Crippen LogP contribution in [0, 0.1) is 25.2 Å². The number of halogens is 1. The summed E-state index contributed by atoms with van der Waals surface area (Å²) in [6.45, 7) is 6.00. The summed E-state index contributed by atoms with van der Waals surface area (Å²) < 4.78 is 7.23. The summed E-state index contributed by atoms with van der Waals surface area (Å²) in [4.78, 5) is 24.1. The molecule has 0 bridgehead atoms. The molecule has 1 aromatic heterocycles. The van der Waals surface area contributed by atoms with E-state index in [1.54, 1.807) is 41.8 Å². The SMILES string of the molecule is CCOc1cccc(NC(=O)/C(C#N)=C\c2cc(C)n(-c3cc(C(=O)O)ccc3Cl)c2C)c1. The van der Waals surface area contributed by atoms with Crippen LogP contribution in [0.4, 0.5) is 5.69 Å². The van der Waals surface area contributed by atoms with Gasteiger partial charge in [0, 0.05) is 23.1 Å². The molecule has 0 aliphatic rings. The first-order valence-corrected chi connectivity index (χ1v) is 10.5. The molecule has 0 atom stereocenters. The second kappa shape index (κ2) is 10.1. The third kappa shape index (κ3) is 5.25. The molecule has 0 aliphatic carbocycles. The number of nitrogens with one attached hydrogen (secondary N) is 1. The molecule has 0 aliphatic heterocycles. The van der Waals surface area contributed by atoms with E-state index in [-0.39, 0.29) is 11.1 Å². The topological polar surface area (TPSA) is 104 Å². The number of ether oxygens (including phenoxy) is 1. The van der Waals surface area contributed by atoms with E-state index in [9.17, 15) is 20.0 Å². The highest BCUT2D eigenvalue weighted by molar-refractivity contribution is 6.32. The first kappa shape index (κ1) is 23.6. The fourth-order valence-electron chi connectivity index (χ4n) is 3.45. The van der Waals surface area contributed by atoms with Crippen LogP contribution in [0.2, 0.25) is 5.02 Å². The van der Waals surface area contributed by atoms with Crippen LogP contribution in [-0.4, -0.2) is 28.2 Å². The lowest BCUT2D eigenvalue weighted by Crippen LogP contribution is -2.13. The van der Waals surface area contributed by atoms with Crippen LogP contribution in [-0.2, 0) is 4.79 Å². The number of amides is 1. The first-order chi connectivity index (χ1) is 15.7. The predicted octanol–water partition coefficient (Wildman–Crippen LogP) is 5.39. The second-order valence-corrected chi connectivity index (χ2v) is 7.63. The smallest absolute Gasteiger partial charge is 0.335 e. The molecule has 7 nitrogen and oxygen atoms in total. The van der Waals surface area contributed by atoms with Crippen molar-refractivity contribution in [3.8, 4) is 17.5 Å². The Hall–Kier alpha value is -4.02. The van der Waals surface area contributed by atoms with E-state index in [0.717, 1.165) is 5.69 Å². The number of carbonyl (C=O) groups excluding carboxylic acids is 1. The van der Waals surface area contributed by atoms with E-state index in [1.165, 1.54) is 24.3 Å². The highest BCUT2D eigenvalue weighted by atomic mass is 35.5. The molecule has 0 saturated carbocycles. The van der Waals surface area contributed by atoms with Crippen LogP contribution in [0.3, 0.4) is 0 Å². The zero-order valence-corrected chi connectivity index (χ0v) is 19.1. The summed E-state index contributed by atoms with van der Waals surface area (Å²) in [5.74, 6) is -1.00. The van der Waals surface area contributed by atoms with Crippen LogP contribution in [0.15, 0.2) is 54.1 Å². The van der Waals surface area contributed by atoms with Gasteiger partial charge in [0.25, 0.3) is 5.91 Å². The highest BCUT2D eigenvalue weighted by Crippen LogP contribution is 2.29. The van der Waals surface area contributed by atoms with E-state index in [4.69, 9.17) is 16.3 Å². The van der Waals surface area contributed by atoms with Crippen molar-refractivity contribution in [2.24, 2.45) is 0 Å². The summed E-state index contributed by atoms with van der Waals surface area (Å²) in [7, 11) is 0. The molecule has 0 fully saturated rings. The largest absolute Gasteiger partial charge is 0.494 e. The Balaban J connectivity index is 1.95. The summed E-state index contributed by atoms with van der Waals surface area (Å²) in [6, 6.07) is 15.1. The van der Waals surface area contributed by atoms with Gasteiger partial charge in [0.05, 0.1) is 22.9 Å². The number of hydrogen-bond donors (Lipinski definition) is 2. The molecule has 0 radical (unpaired) electrons. The number of rotatable bonds is 7. The molecule has 3 rings (SSSR count).